The molecule has 2 rings (SSSR count). The van der Waals surface area contributed by atoms with Gasteiger partial charge in [0.2, 0.25) is 0 Å². The summed E-state index contributed by atoms with van der Waals surface area (Å²) in [6.45, 7) is 10.1. The number of hydrogen-bond acceptors (Lipinski definition) is 4. The van der Waals surface area contributed by atoms with Crippen LogP contribution in [0.15, 0.2) is 30.3 Å². The Hall–Kier alpha value is -1.92. The molecule has 0 spiro atoms. The molecule has 1 aliphatic rings. The fourth-order valence-corrected chi connectivity index (χ4v) is 2.31. The van der Waals surface area contributed by atoms with Crippen molar-refractivity contribution in [1.82, 2.24) is 5.43 Å². The Morgan fingerprint density at radius 1 is 1.00 bits per heavy atom. The van der Waals surface area contributed by atoms with E-state index in [1.165, 1.54) is 5.01 Å². The number of hydrogen-bond donors (Lipinski definition) is 2. The Bertz CT molecular complexity index is 498. The first-order valence-corrected chi connectivity index (χ1v) is 9.95. The van der Waals surface area contributed by atoms with E-state index in [2.05, 4.69) is 12.3 Å². The highest BCUT2D eigenvalue weighted by Gasteiger charge is 2.39. The molecule has 1 unspecified atom stereocenters. The van der Waals surface area contributed by atoms with Crippen LogP contribution in [-0.4, -0.2) is 36.7 Å². The third kappa shape index (κ3) is 10.1. The predicted octanol–water partition coefficient (Wildman–Crippen LogP) is 3.69. The van der Waals surface area contributed by atoms with Gasteiger partial charge >= 0.3 is 0 Å². The van der Waals surface area contributed by atoms with E-state index in [9.17, 15) is 9.59 Å². The van der Waals surface area contributed by atoms with E-state index in [1.54, 1.807) is 12.1 Å². The standard InChI is InChI=1S/C13H16N2O2.2C4H10O/c1-2-3-9-11-12(16)14-15(13(11)17)10-7-5-4-6-8-10;1-3-5-4-2;1-2-3-4-5/h4-8,11H,2-3,9H2,1H3,(H,14,16);3-4H2,1-2H3;5H,2-4H2,1H3. The van der Waals surface area contributed by atoms with E-state index in [1.807, 2.05) is 39.0 Å². The third-order valence-corrected chi connectivity index (χ3v) is 3.84. The number of para-hydroxylation sites is 1. The highest BCUT2D eigenvalue weighted by atomic mass is 16.5. The zero-order valence-electron chi connectivity index (χ0n) is 17.2. The summed E-state index contributed by atoms with van der Waals surface area (Å²) in [7, 11) is 0. The Labute approximate surface area is 163 Å². The van der Waals surface area contributed by atoms with E-state index in [0.717, 1.165) is 38.9 Å². The van der Waals surface area contributed by atoms with E-state index in [4.69, 9.17) is 9.84 Å². The Morgan fingerprint density at radius 2 is 1.59 bits per heavy atom. The molecular weight excluding hydrogens is 344 g/mol. The van der Waals surface area contributed by atoms with Crippen molar-refractivity contribution in [3.8, 4) is 0 Å². The summed E-state index contributed by atoms with van der Waals surface area (Å²) in [4.78, 5) is 23.8. The number of benzene rings is 1. The number of unbranched alkanes of at least 4 members (excludes halogenated alkanes) is 2. The second-order valence-corrected chi connectivity index (χ2v) is 6.04. The average Bonchev–Trinajstić information content (AvgIpc) is 2.97. The fourth-order valence-electron chi connectivity index (χ4n) is 2.31. The molecule has 2 N–H and O–H groups in total. The number of hydrazine groups is 1. The lowest BCUT2D eigenvalue weighted by Gasteiger charge is -2.14. The maximum Gasteiger partial charge on any atom is 0.258 e. The van der Waals surface area contributed by atoms with E-state index in [0.29, 0.717) is 18.7 Å². The van der Waals surface area contributed by atoms with Crippen molar-refractivity contribution < 1.29 is 19.4 Å². The van der Waals surface area contributed by atoms with Crippen LogP contribution in [0, 0.1) is 5.92 Å². The molecule has 1 aromatic rings. The van der Waals surface area contributed by atoms with Crippen LogP contribution < -0.4 is 10.4 Å². The zero-order valence-corrected chi connectivity index (χ0v) is 17.2. The number of carbonyl (C=O) groups excluding carboxylic acids is 2. The molecule has 1 heterocycles. The first-order valence-electron chi connectivity index (χ1n) is 9.95. The van der Waals surface area contributed by atoms with E-state index in [-0.39, 0.29) is 11.8 Å². The third-order valence-electron chi connectivity index (χ3n) is 3.84. The number of aliphatic hydroxyl groups is 1. The average molecular weight is 381 g/mol. The summed E-state index contributed by atoms with van der Waals surface area (Å²) >= 11 is 0. The van der Waals surface area contributed by atoms with Crippen molar-refractivity contribution in [3.63, 3.8) is 0 Å². The van der Waals surface area contributed by atoms with Gasteiger partial charge in [-0.2, -0.15) is 0 Å². The van der Waals surface area contributed by atoms with Crippen molar-refractivity contribution in [2.45, 2.75) is 59.8 Å². The van der Waals surface area contributed by atoms with Crippen molar-refractivity contribution in [1.29, 1.82) is 0 Å². The van der Waals surface area contributed by atoms with Crippen molar-refractivity contribution in [2.75, 3.05) is 24.8 Å². The van der Waals surface area contributed by atoms with Gasteiger partial charge in [-0.25, -0.2) is 5.01 Å². The van der Waals surface area contributed by atoms with Crippen LogP contribution in [0.2, 0.25) is 0 Å². The Morgan fingerprint density at radius 3 is 2.00 bits per heavy atom. The van der Waals surface area contributed by atoms with Crippen LogP contribution in [0.1, 0.15) is 59.8 Å². The monoisotopic (exact) mass is 380 g/mol. The number of nitrogens with one attached hydrogen (secondary N) is 1. The molecule has 6 nitrogen and oxygen atoms in total. The van der Waals surface area contributed by atoms with Crippen molar-refractivity contribution in [2.24, 2.45) is 5.92 Å². The molecule has 2 amide bonds. The molecule has 0 radical (unpaired) electrons. The SMILES string of the molecule is CCCCC1C(=O)NN(c2ccccc2)C1=O.CCCCO.CCOCC. The number of amides is 2. The molecule has 1 aromatic carbocycles. The minimum atomic E-state index is -0.518. The highest BCUT2D eigenvalue weighted by Crippen LogP contribution is 2.22. The summed E-state index contributed by atoms with van der Waals surface area (Å²) in [6, 6.07) is 9.17. The fraction of sp³-hybridized carbons (Fsp3) is 0.619. The van der Waals surface area contributed by atoms with Crippen molar-refractivity contribution in [3.05, 3.63) is 30.3 Å². The number of anilines is 1. The second kappa shape index (κ2) is 16.3. The lowest BCUT2D eigenvalue weighted by Crippen LogP contribution is -2.35. The molecule has 1 saturated heterocycles. The number of aliphatic hydroxyl groups excluding tert-OH is 1. The maximum atomic E-state index is 12.1. The van der Waals surface area contributed by atoms with Gasteiger partial charge in [0.05, 0.1) is 5.69 Å². The van der Waals surface area contributed by atoms with Gasteiger partial charge in [-0.15, -0.1) is 0 Å². The van der Waals surface area contributed by atoms with Crippen LogP contribution in [0.5, 0.6) is 0 Å². The molecule has 154 valence electrons. The van der Waals surface area contributed by atoms with Gasteiger partial charge < -0.3 is 9.84 Å². The lowest BCUT2D eigenvalue weighted by atomic mass is 10.0. The molecule has 0 bridgehead atoms. The van der Waals surface area contributed by atoms with Gasteiger partial charge in [-0.05, 0) is 38.8 Å². The zero-order chi connectivity index (χ0) is 20.5. The molecule has 1 aliphatic heterocycles. The smallest absolute Gasteiger partial charge is 0.258 e. The first kappa shape index (κ1) is 25.1. The molecule has 0 aromatic heterocycles. The molecule has 0 saturated carbocycles. The van der Waals surface area contributed by atoms with Crippen LogP contribution in [0.3, 0.4) is 0 Å². The van der Waals surface area contributed by atoms with Gasteiger partial charge in [0.15, 0.2) is 0 Å². The topological polar surface area (TPSA) is 78.9 Å². The van der Waals surface area contributed by atoms with Crippen LogP contribution in [0.25, 0.3) is 0 Å². The van der Waals surface area contributed by atoms with Crippen molar-refractivity contribution >= 4 is 17.5 Å². The number of nitrogens with zero attached hydrogens (tertiary/aromatic N) is 1. The Kier molecular flexibility index (Phi) is 15.1. The minimum Gasteiger partial charge on any atom is -0.396 e. The first-order chi connectivity index (χ1) is 13.1. The summed E-state index contributed by atoms with van der Waals surface area (Å²) in [5.41, 5.74) is 3.34. The summed E-state index contributed by atoms with van der Waals surface area (Å²) in [6.07, 6.45) is 4.55. The number of carbonyl (C=O) groups is 2. The highest BCUT2D eigenvalue weighted by molar-refractivity contribution is 6.14. The minimum absolute atomic E-state index is 0.144. The normalized spacial score (nSPS) is 15.4. The lowest BCUT2D eigenvalue weighted by molar-refractivity contribution is -0.127. The molecule has 1 fully saturated rings. The van der Waals surface area contributed by atoms with Gasteiger partial charge in [-0.3, -0.25) is 15.0 Å². The maximum absolute atomic E-state index is 12.1. The Balaban J connectivity index is 0.000000563. The molecule has 0 aliphatic carbocycles. The number of ether oxygens (including phenoxy) is 1. The largest absolute Gasteiger partial charge is 0.396 e. The molecular formula is C21H36N2O4. The van der Waals surface area contributed by atoms with Gasteiger partial charge in [0.1, 0.15) is 5.92 Å². The van der Waals surface area contributed by atoms with Gasteiger partial charge in [0, 0.05) is 19.8 Å². The van der Waals surface area contributed by atoms with Crippen LogP contribution in [-0.2, 0) is 14.3 Å². The number of rotatable bonds is 8. The van der Waals surface area contributed by atoms with Gasteiger partial charge in [0.25, 0.3) is 11.8 Å². The predicted molar refractivity (Wildman–Crippen MR) is 109 cm³/mol. The van der Waals surface area contributed by atoms with E-state index >= 15 is 0 Å². The van der Waals surface area contributed by atoms with E-state index < -0.39 is 5.92 Å². The summed E-state index contributed by atoms with van der Waals surface area (Å²) in [5, 5.41) is 9.42. The van der Waals surface area contributed by atoms with Gasteiger partial charge in [-0.1, -0.05) is 51.3 Å². The summed E-state index contributed by atoms with van der Waals surface area (Å²) < 4.78 is 4.83. The quantitative estimate of drug-likeness (QED) is 0.674. The molecule has 6 heteroatoms. The van der Waals surface area contributed by atoms with Crippen LogP contribution >= 0.6 is 0 Å². The molecule has 1 atom stereocenters. The second-order valence-electron chi connectivity index (χ2n) is 6.04. The van der Waals surface area contributed by atoms with Crippen LogP contribution in [0.4, 0.5) is 5.69 Å². The summed E-state index contributed by atoms with van der Waals surface area (Å²) in [5.74, 6) is -0.850. The molecule has 27 heavy (non-hydrogen) atoms.